The van der Waals surface area contributed by atoms with Gasteiger partial charge in [-0.25, -0.2) is 0 Å². The first-order valence-electron chi connectivity index (χ1n) is 4.54. The van der Waals surface area contributed by atoms with E-state index in [1.165, 1.54) is 0 Å². The van der Waals surface area contributed by atoms with E-state index in [0.717, 1.165) is 12.1 Å². The van der Waals surface area contributed by atoms with Gasteiger partial charge in [-0.1, -0.05) is 6.07 Å². The summed E-state index contributed by atoms with van der Waals surface area (Å²) in [5.41, 5.74) is 1.14. The second-order valence-electron chi connectivity index (χ2n) is 3.37. The molecule has 4 heteroatoms. The average Bonchev–Trinajstić information content (AvgIpc) is 2.19. The number of hydrogen-bond donors (Lipinski definition) is 1. The molecule has 1 atom stereocenters. The lowest BCUT2D eigenvalue weighted by Gasteiger charge is -2.18. The fourth-order valence-electron chi connectivity index (χ4n) is 1.28. The van der Waals surface area contributed by atoms with Gasteiger partial charge in [0.1, 0.15) is 0 Å². The summed E-state index contributed by atoms with van der Waals surface area (Å²) in [5, 5.41) is 9.32. The van der Waals surface area contributed by atoms with Crippen LogP contribution in [0.4, 0.5) is 0 Å². The molecule has 0 aliphatic heterocycles. The van der Waals surface area contributed by atoms with Crippen molar-refractivity contribution in [1.29, 1.82) is 0 Å². The van der Waals surface area contributed by atoms with Crippen molar-refractivity contribution in [2.24, 2.45) is 0 Å². The summed E-state index contributed by atoms with van der Waals surface area (Å²) in [6.07, 6.45) is 3.11. The molecule has 0 aromatic carbocycles. The Kier molecular flexibility index (Phi) is 4.87. The lowest BCUT2D eigenvalue weighted by molar-refractivity contribution is 0.141. The predicted octanol–water partition coefficient (Wildman–Crippen LogP) is 1.11. The van der Waals surface area contributed by atoms with Crippen LogP contribution >= 0.6 is 11.6 Å². The van der Waals surface area contributed by atoms with Crippen molar-refractivity contribution >= 4 is 11.6 Å². The van der Waals surface area contributed by atoms with Crippen molar-refractivity contribution in [2.45, 2.75) is 12.6 Å². The van der Waals surface area contributed by atoms with Gasteiger partial charge in [0, 0.05) is 31.4 Å². The summed E-state index contributed by atoms with van der Waals surface area (Å²) < 4.78 is 0. The van der Waals surface area contributed by atoms with Crippen molar-refractivity contribution in [1.82, 2.24) is 9.88 Å². The smallest absolute Gasteiger partial charge is 0.0802 e. The van der Waals surface area contributed by atoms with Crippen LogP contribution in [0.15, 0.2) is 24.5 Å². The molecular formula is C10H15ClN2O. The molecule has 0 saturated heterocycles. The molecular weight excluding hydrogens is 200 g/mol. The number of alkyl halides is 1. The highest BCUT2D eigenvalue weighted by Gasteiger charge is 2.06. The molecule has 0 aliphatic carbocycles. The summed E-state index contributed by atoms with van der Waals surface area (Å²) in [6, 6.07) is 3.91. The Balaban J connectivity index is 2.37. The maximum Gasteiger partial charge on any atom is 0.0802 e. The molecule has 14 heavy (non-hydrogen) atoms. The minimum atomic E-state index is -0.460. The van der Waals surface area contributed by atoms with E-state index >= 15 is 0 Å². The van der Waals surface area contributed by atoms with E-state index in [9.17, 15) is 5.11 Å². The third-order valence-corrected chi connectivity index (χ3v) is 2.23. The predicted molar refractivity (Wildman–Crippen MR) is 57.3 cm³/mol. The van der Waals surface area contributed by atoms with Crippen LogP contribution in [-0.2, 0) is 6.54 Å². The highest BCUT2D eigenvalue weighted by molar-refractivity contribution is 6.18. The normalized spacial score (nSPS) is 13.1. The molecule has 3 nitrogen and oxygen atoms in total. The zero-order valence-electron chi connectivity index (χ0n) is 8.23. The molecule has 78 valence electrons. The maximum atomic E-state index is 9.32. The van der Waals surface area contributed by atoms with Gasteiger partial charge < -0.3 is 5.11 Å². The fourth-order valence-corrected chi connectivity index (χ4v) is 1.37. The first-order chi connectivity index (χ1) is 6.72. The third kappa shape index (κ3) is 4.05. The number of halogens is 1. The van der Waals surface area contributed by atoms with E-state index in [1.54, 1.807) is 6.20 Å². The summed E-state index contributed by atoms with van der Waals surface area (Å²) in [6.45, 7) is 1.36. The van der Waals surface area contributed by atoms with Crippen LogP contribution in [0, 0.1) is 0 Å². The Morgan fingerprint density at radius 1 is 1.64 bits per heavy atom. The number of rotatable bonds is 5. The fraction of sp³-hybridized carbons (Fsp3) is 0.500. The molecule has 0 aliphatic rings. The molecule has 0 saturated carbocycles. The SMILES string of the molecule is CN(Cc1cccnc1)CC(O)CCl. The monoisotopic (exact) mass is 214 g/mol. The third-order valence-electron chi connectivity index (χ3n) is 1.88. The van der Waals surface area contributed by atoms with Gasteiger partial charge in [-0.05, 0) is 18.7 Å². The second kappa shape index (κ2) is 5.96. The number of aromatic nitrogens is 1. The van der Waals surface area contributed by atoms with Gasteiger partial charge in [-0.3, -0.25) is 9.88 Å². The molecule has 1 rings (SSSR count). The number of pyridine rings is 1. The minimum absolute atomic E-state index is 0.275. The Bertz CT molecular complexity index is 256. The van der Waals surface area contributed by atoms with Gasteiger partial charge in [-0.2, -0.15) is 0 Å². The van der Waals surface area contributed by atoms with Crippen LogP contribution in [0.5, 0.6) is 0 Å². The van der Waals surface area contributed by atoms with Gasteiger partial charge in [0.15, 0.2) is 0 Å². The Hall–Kier alpha value is -0.640. The van der Waals surface area contributed by atoms with Gasteiger partial charge in [-0.15, -0.1) is 11.6 Å². The Labute approximate surface area is 89.3 Å². The highest BCUT2D eigenvalue weighted by Crippen LogP contribution is 2.01. The van der Waals surface area contributed by atoms with E-state index < -0.39 is 6.10 Å². The molecule has 0 amide bonds. The average molecular weight is 215 g/mol. The van der Waals surface area contributed by atoms with Crippen molar-refractivity contribution in [3.05, 3.63) is 30.1 Å². The molecule has 0 fully saturated rings. The molecule has 1 aromatic heterocycles. The quantitative estimate of drug-likeness (QED) is 0.747. The van der Waals surface area contributed by atoms with Crippen LogP contribution < -0.4 is 0 Å². The van der Waals surface area contributed by atoms with Crippen LogP contribution in [-0.4, -0.2) is 40.6 Å². The molecule has 0 radical (unpaired) electrons. The van der Waals surface area contributed by atoms with E-state index in [2.05, 4.69) is 4.98 Å². The summed E-state index contributed by atoms with van der Waals surface area (Å²) >= 11 is 5.51. The molecule has 1 aromatic rings. The lowest BCUT2D eigenvalue weighted by atomic mass is 10.2. The van der Waals surface area contributed by atoms with E-state index in [-0.39, 0.29) is 5.88 Å². The molecule has 0 bridgehead atoms. The number of nitrogens with zero attached hydrogens (tertiary/aromatic N) is 2. The van der Waals surface area contributed by atoms with Crippen molar-refractivity contribution in [3.8, 4) is 0 Å². The zero-order valence-corrected chi connectivity index (χ0v) is 8.98. The molecule has 0 spiro atoms. The van der Waals surface area contributed by atoms with Crippen molar-refractivity contribution in [2.75, 3.05) is 19.5 Å². The second-order valence-corrected chi connectivity index (χ2v) is 3.67. The van der Waals surface area contributed by atoms with Gasteiger partial charge in [0.2, 0.25) is 0 Å². The van der Waals surface area contributed by atoms with E-state index in [4.69, 9.17) is 11.6 Å². The number of aliphatic hydroxyl groups is 1. The number of aliphatic hydroxyl groups excluding tert-OH is 1. The lowest BCUT2D eigenvalue weighted by Crippen LogP contribution is -2.29. The number of hydrogen-bond acceptors (Lipinski definition) is 3. The molecule has 1 N–H and O–H groups in total. The van der Waals surface area contributed by atoms with Crippen LogP contribution in [0.2, 0.25) is 0 Å². The topological polar surface area (TPSA) is 36.4 Å². The van der Waals surface area contributed by atoms with E-state index in [1.807, 2.05) is 30.3 Å². The van der Waals surface area contributed by atoms with Crippen LogP contribution in [0.25, 0.3) is 0 Å². The van der Waals surface area contributed by atoms with Gasteiger partial charge in [0.05, 0.1) is 6.10 Å². The van der Waals surface area contributed by atoms with Crippen molar-refractivity contribution in [3.63, 3.8) is 0 Å². The Morgan fingerprint density at radius 3 is 3.00 bits per heavy atom. The van der Waals surface area contributed by atoms with Gasteiger partial charge >= 0.3 is 0 Å². The van der Waals surface area contributed by atoms with E-state index in [0.29, 0.717) is 6.54 Å². The Morgan fingerprint density at radius 2 is 2.43 bits per heavy atom. The largest absolute Gasteiger partial charge is 0.391 e. The first-order valence-corrected chi connectivity index (χ1v) is 5.07. The molecule has 1 heterocycles. The number of likely N-dealkylation sites (N-methyl/N-ethyl adjacent to an activating group) is 1. The summed E-state index contributed by atoms with van der Waals surface area (Å²) in [5.74, 6) is 0.275. The highest BCUT2D eigenvalue weighted by atomic mass is 35.5. The standard InChI is InChI=1S/C10H15ClN2O/c1-13(8-10(14)5-11)7-9-3-2-4-12-6-9/h2-4,6,10,14H,5,7-8H2,1H3. The minimum Gasteiger partial charge on any atom is -0.391 e. The maximum absolute atomic E-state index is 9.32. The zero-order chi connectivity index (χ0) is 10.4. The van der Waals surface area contributed by atoms with Crippen molar-refractivity contribution < 1.29 is 5.11 Å². The van der Waals surface area contributed by atoms with Crippen LogP contribution in [0.1, 0.15) is 5.56 Å². The summed E-state index contributed by atoms with van der Waals surface area (Å²) in [7, 11) is 1.95. The van der Waals surface area contributed by atoms with Crippen LogP contribution in [0.3, 0.4) is 0 Å². The van der Waals surface area contributed by atoms with Gasteiger partial charge in [0.25, 0.3) is 0 Å². The molecule has 1 unspecified atom stereocenters. The first kappa shape index (κ1) is 11.4. The summed E-state index contributed by atoms with van der Waals surface area (Å²) in [4.78, 5) is 6.04.